The Kier molecular flexibility index (Phi) is 6.46. The van der Waals surface area contributed by atoms with E-state index in [0.717, 1.165) is 50.5 Å². The molecule has 0 atom stereocenters. The lowest BCUT2D eigenvalue weighted by Crippen LogP contribution is -2.46. The third-order valence-electron chi connectivity index (χ3n) is 5.53. The number of thiophene rings is 1. The molecule has 0 radical (unpaired) electrons. The highest BCUT2D eigenvalue weighted by Gasteiger charge is 2.21. The summed E-state index contributed by atoms with van der Waals surface area (Å²) >= 11 is 2.86. The maximum absolute atomic E-state index is 12.6. The zero-order chi connectivity index (χ0) is 21.1. The summed E-state index contributed by atoms with van der Waals surface area (Å²) in [5.41, 5.74) is 0.896. The van der Waals surface area contributed by atoms with E-state index in [9.17, 15) is 9.59 Å². The van der Waals surface area contributed by atoms with Gasteiger partial charge in [0.25, 0.3) is 5.91 Å². The van der Waals surface area contributed by atoms with E-state index in [4.69, 9.17) is 0 Å². The Bertz CT molecular complexity index is 1050. The van der Waals surface area contributed by atoms with Crippen LogP contribution < -0.4 is 10.2 Å². The number of Topliss-reactive ketones (excluding diaryl/α,β-unsaturated/α-hetero) is 1. The summed E-state index contributed by atoms with van der Waals surface area (Å²) in [4.78, 5) is 30.5. The molecule has 3 aromatic rings. The number of carbonyl (C=O) groups excluding carboxylic acids is 2. The first-order chi connectivity index (χ1) is 14.6. The summed E-state index contributed by atoms with van der Waals surface area (Å²) in [7, 11) is 1.61. The first-order valence-electron chi connectivity index (χ1n) is 10.2. The van der Waals surface area contributed by atoms with Crippen molar-refractivity contribution in [3.63, 3.8) is 0 Å². The molecule has 8 heteroatoms. The quantitative estimate of drug-likeness (QED) is 0.564. The van der Waals surface area contributed by atoms with Crippen LogP contribution in [0, 0.1) is 6.92 Å². The molecule has 0 spiro atoms. The van der Waals surface area contributed by atoms with Crippen LogP contribution in [0.3, 0.4) is 0 Å². The molecule has 1 fully saturated rings. The fourth-order valence-electron chi connectivity index (χ4n) is 3.85. The van der Waals surface area contributed by atoms with E-state index >= 15 is 0 Å². The first-order valence-corrected chi connectivity index (χ1v) is 11.8. The zero-order valence-corrected chi connectivity index (χ0v) is 18.9. The molecule has 158 valence electrons. The molecule has 0 aliphatic carbocycles. The van der Waals surface area contributed by atoms with Gasteiger partial charge in [-0.1, -0.05) is 12.1 Å². The summed E-state index contributed by atoms with van der Waals surface area (Å²) in [6, 6.07) is 10.2. The average molecular weight is 443 g/mol. The Balaban J connectivity index is 1.26. The third kappa shape index (κ3) is 4.40. The highest BCUT2D eigenvalue weighted by Crippen LogP contribution is 2.30. The minimum absolute atomic E-state index is 0.132. The second kappa shape index (κ2) is 9.24. The van der Waals surface area contributed by atoms with Crippen LogP contribution in [-0.2, 0) is 0 Å². The summed E-state index contributed by atoms with van der Waals surface area (Å²) < 4.78 is 5.90. The fourth-order valence-corrected chi connectivity index (χ4v) is 5.74. The Morgan fingerprint density at radius 2 is 1.93 bits per heavy atom. The molecule has 1 N–H and O–H groups in total. The van der Waals surface area contributed by atoms with Crippen molar-refractivity contribution in [1.29, 1.82) is 0 Å². The first kappa shape index (κ1) is 21.0. The van der Waals surface area contributed by atoms with Crippen molar-refractivity contribution in [3.8, 4) is 0 Å². The molecule has 1 aromatic carbocycles. The van der Waals surface area contributed by atoms with Crippen molar-refractivity contribution in [1.82, 2.24) is 14.6 Å². The molecular weight excluding hydrogens is 416 g/mol. The highest BCUT2D eigenvalue weighted by atomic mass is 32.1. The number of hydrogen-bond donors (Lipinski definition) is 1. The van der Waals surface area contributed by atoms with Crippen molar-refractivity contribution in [2.75, 3.05) is 44.7 Å². The highest BCUT2D eigenvalue weighted by molar-refractivity contribution is 7.16. The molecular formula is C22H26N4O2S2. The molecule has 1 aliphatic rings. The number of rotatable bonds is 7. The zero-order valence-electron chi connectivity index (χ0n) is 17.3. The van der Waals surface area contributed by atoms with Crippen molar-refractivity contribution in [2.45, 2.75) is 19.8 Å². The number of anilines is 1. The summed E-state index contributed by atoms with van der Waals surface area (Å²) in [6.07, 6.45) is 1.36. The van der Waals surface area contributed by atoms with Gasteiger partial charge in [-0.2, -0.15) is 4.37 Å². The molecule has 2 aromatic heterocycles. The standard InChI is InChI=1S/C22H26N4O2S2/c1-15-14-19(22(28)23-2)29-20(15)17(27)7-5-9-25-10-12-26(13-11-25)21-16-6-3-4-8-18(16)30-24-21/h3-4,6,8,14H,5,7,9-13H2,1-2H3,(H,23,28). The van der Waals surface area contributed by atoms with Crippen LogP contribution in [0.2, 0.25) is 0 Å². The number of ketones is 1. The number of aryl methyl sites for hydroxylation is 1. The van der Waals surface area contributed by atoms with Gasteiger partial charge < -0.3 is 10.2 Å². The maximum Gasteiger partial charge on any atom is 0.261 e. The van der Waals surface area contributed by atoms with E-state index in [1.54, 1.807) is 24.6 Å². The lowest BCUT2D eigenvalue weighted by molar-refractivity contribution is 0.0963. The van der Waals surface area contributed by atoms with Crippen LogP contribution in [-0.4, -0.2) is 60.7 Å². The number of nitrogens with zero attached hydrogens (tertiary/aromatic N) is 3. The van der Waals surface area contributed by atoms with E-state index in [-0.39, 0.29) is 11.7 Å². The van der Waals surface area contributed by atoms with Gasteiger partial charge in [0.15, 0.2) is 5.78 Å². The van der Waals surface area contributed by atoms with Gasteiger partial charge in [0.1, 0.15) is 5.82 Å². The van der Waals surface area contributed by atoms with Crippen molar-refractivity contribution in [3.05, 3.63) is 45.6 Å². The van der Waals surface area contributed by atoms with Crippen molar-refractivity contribution in [2.24, 2.45) is 0 Å². The van der Waals surface area contributed by atoms with Gasteiger partial charge >= 0.3 is 0 Å². The number of aromatic nitrogens is 1. The lowest BCUT2D eigenvalue weighted by Gasteiger charge is -2.35. The van der Waals surface area contributed by atoms with Crippen LogP contribution in [0.15, 0.2) is 30.3 Å². The number of fused-ring (bicyclic) bond motifs is 1. The smallest absolute Gasteiger partial charge is 0.261 e. The Labute approximate surface area is 184 Å². The predicted octanol–water partition coefficient (Wildman–Crippen LogP) is 3.81. The Hall–Kier alpha value is -2.29. The minimum Gasteiger partial charge on any atom is -0.354 e. The van der Waals surface area contributed by atoms with Crippen molar-refractivity contribution < 1.29 is 9.59 Å². The molecule has 0 bridgehead atoms. The third-order valence-corrected chi connectivity index (χ3v) is 7.62. The van der Waals surface area contributed by atoms with Gasteiger partial charge in [-0.25, -0.2) is 0 Å². The second-order valence-corrected chi connectivity index (χ2v) is 9.42. The van der Waals surface area contributed by atoms with Gasteiger partial charge in [-0.05, 0) is 55.2 Å². The SMILES string of the molecule is CNC(=O)c1cc(C)c(C(=O)CCCN2CCN(c3nsc4ccccc34)CC2)s1. The van der Waals surface area contributed by atoms with Crippen LogP contribution >= 0.6 is 22.9 Å². The largest absolute Gasteiger partial charge is 0.354 e. The van der Waals surface area contributed by atoms with Crippen LogP contribution in [0.5, 0.6) is 0 Å². The summed E-state index contributed by atoms with van der Waals surface area (Å²) in [5.74, 6) is 1.11. The maximum atomic E-state index is 12.6. The Morgan fingerprint density at radius 3 is 2.70 bits per heavy atom. The number of carbonyl (C=O) groups is 2. The van der Waals surface area contributed by atoms with Crippen LogP contribution in [0.4, 0.5) is 5.82 Å². The van der Waals surface area contributed by atoms with Gasteiger partial charge in [0.05, 0.1) is 14.5 Å². The molecule has 3 heterocycles. The lowest BCUT2D eigenvalue weighted by atomic mass is 10.1. The van der Waals surface area contributed by atoms with Crippen LogP contribution in [0.25, 0.3) is 10.1 Å². The van der Waals surface area contributed by atoms with E-state index in [0.29, 0.717) is 16.2 Å². The number of benzene rings is 1. The van der Waals surface area contributed by atoms with Gasteiger partial charge in [-0.15, -0.1) is 11.3 Å². The molecule has 6 nitrogen and oxygen atoms in total. The summed E-state index contributed by atoms with van der Waals surface area (Å²) in [6.45, 7) is 6.71. The molecule has 1 saturated heterocycles. The monoisotopic (exact) mass is 442 g/mol. The van der Waals surface area contributed by atoms with Gasteiger partial charge in [0.2, 0.25) is 0 Å². The van der Waals surface area contributed by atoms with Gasteiger partial charge in [-0.3, -0.25) is 14.5 Å². The fraction of sp³-hybridized carbons (Fsp3) is 0.409. The number of nitrogens with one attached hydrogen (secondary N) is 1. The van der Waals surface area contributed by atoms with Crippen molar-refractivity contribution >= 4 is 50.5 Å². The minimum atomic E-state index is -0.132. The molecule has 4 rings (SSSR count). The molecule has 1 aliphatic heterocycles. The van der Waals surface area contributed by atoms with Crippen LogP contribution in [0.1, 0.15) is 37.7 Å². The van der Waals surface area contributed by atoms with Gasteiger partial charge in [0, 0.05) is 45.0 Å². The Morgan fingerprint density at radius 1 is 1.17 bits per heavy atom. The molecule has 30 heavy (non-hydrogen) atoms. The summed E-state index contributed by atoms with van der Waals surface area (Å²) in [5, 5.41) is 3.86. The number of amides is 1. The number of hydrogen-bond acceptors (Lipinski definition) is 7. The predicted molar refractivity (Wildman–Crippen MR) is 124 cm³/mol. The molecule has 1 amide bonds. The second-order valence-electron chi connectivity index (χ2n) is 7.56. The van der Waals surface area contributed by atoms with E-state index in [1.807, 2.05) is 6.92 Å². The molecule has 0 unspecified atom stereocenters. The topological polar surface area (TPSA) is 65.5 Å². The average Bonchev–Trinajstić information content (AvgIpc) is 3.37. The van der Waals surface area contributed by atoms with E-state index < -0.39 is 0 Å². The molecule has 0 saturated carbocycles. The van der Waals surface area contributed by atoms with E-state index in [1.165, 1.54) is 21.4 Å². The van der Waals surface area contributed by atoms with E-state index in [2.05, 4.69) is 43.8 Å². The number of piperazine rings is 1. The normalized spacial score (nSPS) is 14.9.